The highest BCUT2D eigenvalue weighted by atomic mass is 32.1. The van der Waals surface area contributed by atoms with Gasteiger partial charge in [-0.2, -0.15) is 12.6 Å². The largest absolute Gasteiger partial charge is 0.369 e. The Bertz CT molecular complexity index is 395. The molecule has 0 spiro atoms. The lowest BCUT2D eigenvalue weighted by Gasteiger charge is -2.33. The lowest BCUT2D eigenvalue weighted by molar-refractivity contribution is -0.118. The Morgan fingerprint density at radius 2 is 2.11 bits per heavy atom. The third-order valence-electron chi connectivity index (χ3n) is 2.86. The van der Waals surface area contributed by atoms with Crippen LogP contribution in [0.1, 0.15) is 0 Å². The summed E-state index contributed by atoms with van der Waals surface area (Å²) in [6, 6.07) is 1.93. The average molecular weight is 267 g/mol. The molecule has 0 radical (unpaired) electrons. The normalized spacial score (nSPS) is 15.6. The lowest BCUT2D eigenvalue weighted by Crippen LogP contribution is -2.46. The van der Waals surface area contributed by atoms with Crippen molar-refractivity contribution in [1.29, 1.82) is 0 Å². The van der Waals surface area contributed by atoms with Crippen LogP contribution in [-0.2, 0) is 4.79 Å². The molecule has 2 heterocycles. The number of nitrogens with one attached hydrogen (secondary N) is 1. The Labute approximate surface area is 112 Å². The van der Waals surface area contributed by atoms with Crippen LogP contribution < -0.4 is 10.2 Å². The molecule has 7 heteroatoms. The molecule has 1 aliphatic heterocycles. The number of rotatable bonds is 5. The molecule has 18 heavy (non-hydrogen) atoms. The number of carbonyl (C=O) groups is 1. The van der Waals surface area contributed by atoms with Gasteiger partial charge in [0.1, 0.15) is 18.0 Å². The summed E-state index contributed by atoms with van der Waals surface area (Å²) < 4.78 is 0. The second-order valence-corrected chi connectivity index (χ2v) is 4.49. The molecule has 2 rings (SSSR count). The van der Waals surface area contributed by atoms with Gasteiger partial charge in [0.15, 0.2) is 0 Å². The van der Waals surface area contributed by atoms with Crippen molar-refractivity contribution >= 4 is 30.7 Å². The van der Waals surface area contributed by atoms with Crippen molar-refractivity contribution < 1.29 is 4.79 Å². The second kappa shape index (κ2) is 6.44. The molecule has 98 valence electrons. The SMILES string of the molecule is O=CN1CCN(c2cc(NCCS)ncn2)CC1. The molecule has 0 aliphatic carbocycles. The zero-order chi connectivity index (χ0) is 12.8. The standard InChI is InChI=1S/C11H17N5OS/c17-9-15-2-4-16(5-3-15)11-7-10(12-1-6-18)13-8-14-11/h7-9,18H,1-6H2,(H,12,13,14). The van der Waals surface area contributed by atoms with Crippen molar-refractivity contribution in [2.45, 2.75) is 0 Å². The summed E-state index contributed by atoms with van der Waals surface area (Å²) in [5, 5.41) is 3.17. The molecule has 1 aliphatic rings. The number of hydrogen-bond acceptors (Lipinski definition) is 6. The number of hydrogen-bond donors (Lipinski definition) is 2. The van der Waals surface area contributed by atoms with Crippen molar-refractivity contribution in [1.82, 2.24) is 14.9 Å². The van der Waals surface area contributed by atoms with Crippen LogP contribution in [0.15, 0.2) is 12.4 Å². The van der Waals surface area contributed by atoms with Gasteiger partial charge in [-0.3, -0.25) is 4.79 Å². The van der Waals surface area contributed by atoms with Crippen LogP contribution >= 0.6 is 12.6 Å². The van der Waals surface area contributed by atoms with E-state index in [0.717, 1.165) is 56.5 Å². The van der Waals surface area contributed by atoms with E-state index in [-0.39, 0.29) is 0 Å². The molecule has 1 aromatic heterocycles. The summed E-state index contributed by atoms with van der Waals surface area (Å²) in [6.07, 6.45) is 2.46. The van der Waals surface area contributed by atoms with Crippen molar-refractivity contribution in [3.05, 3.63) is 12.4 Å². The topological polar surface area (TPSA) is 61.4 Å². The fourth-order valence-corrected chi connectivity index (χ4v) is 1.97. The van der Waals surface area contributed by atoms with Gasteiger partial charge in [0.05, 0.1) is 0 Å². The van der Waals surface area contributed by atoms with Crippen molar-refractivity contribution in [3.8, 4) is 0 Å². The van der Waals surface area contributed by atoms with E-state index in [1.54, 1.807) is 11.2 Å². The highest BCUT2D eigenvalue weighted by Crippen LogP contribution is 2.15. The number of amides is 1. The van der Waals surface area contributed by atoms with E-state index in [2.05, 4.69) is 32.8 Å². The first-order valence-electron chi connectivity index (χ1n) is 5.94. The van der Waals surface area contributed by atoms with E-state index < -0.39 is 0 Å². The van der Waals surface area contributed by atoms with Crippen LogP contribution in [0.2, 0.25) is 0 Å². The summed E-state index contributed by atoms with van der Waals surface area (Å²) in [5.41, 5.74) is 0. The van der Waals surface area contributed by atoms with Crippen molar-refractivity contribution in [2.75, 3.05) is 48.7 Å². The van der Waals surface area contributed by atoms with E-state index in [1.165, 1.54) is 0 Å². The minimum Gasteiger partial charge on any atom is -0.369 e. The first-order chi connectivity index (χ1) is 8.83. The molecule has 0 saturated carbocycles. The molecule has 6 nitrogen and oxygen atoms in total. The maximum absolute atomic E-state index is 10.6. The summed E-state index contributed by atoms with van der Waals surface area (Å²) in [7, 11) is 0. The van der Waals surface area contributed by atoms with Gasteiger partial charge in [-0.25, -0.2) is 9.97 Å². The predicted octanol–water partition coefficient (Wildman–Crippen LogP) is 0.0967. The Morgan fingerprint density at radius 1 is 1.33 bits per heavy atom. The molecule has 0 aromatic carbocycles. The van der Waals surface area contributed by atoms with Gasteiger partial charge in [-0.15, -0.1) is 0 Å². The molecule has 1 saturated heterocycles. The molecule has 0 bridgehead atoms. The predicted molar refractivity (Wildman–Crippen MR) is 74.2 cm³/mol. The molecular formula is C11H17N5OS. The van der Waals surface area contributed by atoms with Gasteiger partial charge in [0.2, 0.25) is 6.41 Å². The Balaban J connectivity index is 1.98. The first kappa shape index (κ1) is 12.9. The average Bonchev–Trinajstić information content (AvgIpc) is 2.45. The number of carbonyl (C=O) groups excluding carboxylic acids is 1. The zero-order valence-corrected chi connectivity index (χ0v) is 11.0. The van der Waals surface area contributed by atoms with Gasteiger partial charge in [0, 0.05) is 44.5 Å². The van der Waals surface area contributed by atoms with E-state index >= 15 is 0 Å². The summed E-state index contributed by atoms with van der Waals surface area (Å²) in [5.74, 6) is 2.47. The van der Waals surface area contributed by atoms with Crippen LogP contribution in [0.5, 0.6) is 0 Å². The third kappa shape index (κ3) is 3.25. The summed E-state index contributed by atoms with van der Waals surface area (Å²) >= 11 is 4.14. The maximum Gasteiger partial charge on any atom is 0.209 e. The van der Waals surface area contributed by atoms with Gasteiger partial charge < -0.3 is 15.1 Å². The zero-order valence-electron chi connectivity index (χ0n) is 10.1. The minimum absolute atomic E-state index is 0.743. The van der Waals surface area contributed by atoms with Crippen molar-refractivity contribution in [2.24, 2.45) is 0 Å². The monoisotopic (exact) mass is 267 g/mol. The highest BCUT2D eigenvalue weighted by molar-refractivity contribution is 7.80. The lowest BCUT2D eigenvalue weighted by atomic mass is 10.3. The maximum atomic E-state index is 10.6. The second-order valence-electron chi connectivity index (χ2n) is 4.04. The summed E-state index contributed by atoms with van der Waals surface area (Å²) in [4.78, 5) is 23.0. The van der Waals surface area contributed by atoms with Crippen molar-refractivity contribution in [3.63, 3.8) is 0 Å². The van der Waals surface area contributed by atoms with Gasteiger partial charge in [0.25, 0.3) is 0 Å². The third-order valence-corrected chi connectivity index (χ3v) is 3.08. The fourth-order valence-electron chi connectivity index (χ4n) is 1.86. The molecular weight excluding hydrogens is 250 g/mol. The first-order valence-corrected chi connectivity index (χ1v) is 6.58. The van der Waals surface area contributed by atoms with Gasteiger partial charge in [-0.1, -0.05) is 0 Å². The number of piperazine rings is 1. The minimum atomic E-state index is 0.743. The van der Waals surface area contributed by atoms with E-state index in [9.17, 15) is 4.79 Å². The van der Waals surface area contributed by atoms with E-state index in [0.29, 0.717) is 0 Å². The van der Waals surface area contributed by atoms with Gasteiger partial charge >= 0.3 is 0 Å². The Hall–Kier alpha value is -1.50. The van der Waals surface area contributed by atoms with Crippen LogP contribution in [0.4, 0.5) is 11.6 Å². The molecule has 0 atom stereocenters. The van der Waals surface area contributed by atoms with Crippen LogP contribution in [-0.4, -0.2) is 59.8 Å². The quantitative estimate of drug-likeness (QED) is 0.585. The molecule has 1 N–H and O–H groups in total. The van der Waals surface area contributed by atoms with Crippen LogP contribution in [0.25, 0.3) is 0 Å². The number of anilines is 2. The fraction of sp³-hybridized carbons (Fsp3) is 0.545. The van der Waals surface area contributed by atoms with Gasteiger partial charge in [-0.05, 0) is 0 Å². The molecule has 1 amide bonds. The van der Waals surface area contributed by atoms with Crippen LogP contribution in [0, 0.1) is 0 Å². The van der Waals surface area contributed by atoms with E-state index in [1.807, 2.05) is 6.07 Å². The van der Waals surface area contributed by atoms with Crippen LogP contribution in [0.3, 0.4) is 0 Å². The smallest absolute Gasteiger partial charge is 0.209 e. The Morgan fingerprint density at radius 3 is 2.78 bits per heavy atom. The summed E-state index contributed by atoms with van der Waals surface area (Å²) in [6.45, 7) is 3.88. The number of nitrogens with zero attached hydrogens (tertiary/aromatic N) is 4. The number of aromatic nitrogens is 2. The number of thiol groups is 1. The molecule has 0 unspecified atom stereocenters. The molecule has 1 fully saturated rings. The molecule has 1 aromatic rings. The Kier molecular flexibility index (Phi) is 4.63. The van der Waals surface area contributed by atoms with E-state index in [4.69, 9.17) is 0 Å². The highest BCUT2D eigenvalue weighted by Gasteiger charge is 2.16.